The first-order valence-corrected chi connectivity index (χ1v) is 13.1. The standard InChI is InChI=1S/C25H35N3O5S/c1-7-23(25(30)26-18(2)3)27(16-20-12-9-8-11-19(20)4)24(29)17-28(34(6,31)32)21-13-10-14-22(15-21)33-5/h8-15,18,23H,7,16-17H2,1-6H3,(H,26,30)/t23-/m1/s1. The highest BCUT2D eigenvalue weighted by molar-refractivity contribution is 7.92. The van der Waals surface area contributed by atoms with Crippen LogP contribution in [0.2, 0.25) is 0 Å². The number of sulfonamides is 1. The molecular weight excluding hydrogens is 454 g/mol. The number of methoxy groups -OCH3 is 1. The number of rotatable bonds is 11. The number of carbonyl (C=O) groups excluding carboxylic acids is 2. The summed E-state index contributed by atoms with van der Waals surface area (Å²) in [4.78, 5) is 28.1. The number of carbonyl (C=O) groups is 2. The molecule has 9 heteroatoms. The molecule has 8 nitrogen and oxygen atoms in total. The number of ether oxygens (including phenoxy) is 1. The number of nitrogens with zero attached hydrogens (tertiary/aromatic N) is 2. The fraction of sp³-hybridized carbons (Fsp3) is 0.440. The van der Waals surface area contributed by atoms with Crippen molar-refractivity contribution in [3.05, 3.63) is 59.7 Å². The zero-order chi connectivity index (χ0) is 25.5. The van der Waals surface area contributed by atoms with Gasteiger partial charge in [-0.1, -0.05) is 37.3 Å². The van der Waals surface area contributed by atoms with Crippen molar-refractivity contribution < 1.29 is 22.7 Å². The maximum absolute atomic E-state index is 13.6. The van der Waals surface area contributed by atoms with E-state index < -0.39 is 28.5 Å². The predicted octanol–water partition coefficient (Wildman–Crippen LogP) is 3.10. The SMILES string of the molecule is CC[C@H](C(=O)NC(C)C)N(Cc1ccccc1C)C(=O)CN(c1cccc(OC)c1)S(C)(=O)=O. The van der Waals surface area contributed by atoms with Gasteiger partial charge in [0, 0.05) is 18.7 Å². The molecule has 2 aromatic rings. The topological polar surface area (TPSA) is 96.0 Å². The Hall–Kier alpha value is -3.07. The van der Waals surface area contributed by atoms with Crippen LogP contribution >= 0.6 is 0 Å². The number of amides is 2. The molecule has 0 bridgehead atoms. The zero-order valence-electron chi connectivity index (χ0n) is 20.7. The van der Waals surface area contributed by atoms with Crippen LogP contribution in [-0.4, -0.2) is 57.1 Å². The maximum atomic E-state index is 13.6. The monoisotopic (exact) mass is 489 g/mol. The largest absolute Gasteiger partial charge is 0.497 e. The third-order valence-electron chi connectivity index (χ3n) is 5.44. The molecule has 0 saturated carbocycles. The van der Waals surface area contributed by atoms with Crippen molar-refractivity contribution in [2.24, 2.45) is 0 Å². The summed E-state index contributed by atoms with van der Waals surface area (Å²) in [7, 11) is -2.31. The Labute approximate surface area is 202 Å². The lowest BCUT2D eigenvalue weighted by Gasteiger charge is -2.33. The fourth-order valence-corrected chi connectivity index (χ4v) is 4.49. The van der Waals surface area contributed by atoms with Gasteiger partial charge in [0.25, 0.3) is 0 Å². The molecule has 0 saturated heterocycles. The quantitative estimate of drug-likeness (QED) is 0.523. The van der Waals surface area contributed by atoms with Crippen molar-refractivity contribution in [2.45, 2.75) is 52.7 Å². The average molecular weight is 490 g/mol. The third kappa shape index (κ3) is 7.21. The smallest absolute Gasteiger partial charge is 0.244 e. The second kappa shape index (κ2) is 11.9. The first kappa shape index (κ1) is 27.2. The Bertz CT molecular complexity index is 1100. The van der Waals surface area contributed by atoms with E-state index in [1.807, 2.05) is 52.0 Å². The van der Waals surface area contributed by atoms with Crippen LogP contribution in [0.15, 0.2) is 48.5 Å². The molecule has 2 aromatic carbocycles. The Morgan fingerprint density at radius 3 is 2.32 bits per heavy atom. The molecule has 0 heterocycles. The Balaban J connectivity index is 2.47. The summed E-state index contributed by atoms with van der Waals surface area (Å²) in [6.07, 6.45) is 1.43. The third-order valence-corrected chi connectivity index (χ3v) is 6.58. The number of anilines is 1. The van der Waals surface area contributed by atoms with E-state index in [2.05, 4.69) is 5.32 Å². The molecule has 0 spiro atoms. The molecule has 0 unspecified atom stereocenters. The maximum Gasteiger partial charge on any atom is 0.244 e. The van der Waals surface area contributed by atoms with Gasteiger partial charge in [-0.15, -0.1) is 0 Å². The van der Waals surface area contributed by atoms with E-state index in [4.69, 9.17) is 4.74 Å². The summed E-state index contributed by atoms with van der Waals surface area (Å²) >= 11 is 0. The van der Waals surface area contributed by atoms with Gasteiger partial charge in [-0.25, -0.2) is 8.42 Å². The summed E-state index contributed by atoms with van der Waals surface area (Å²) < 4.78 is 31.6. The van der Waals surface area contributed by atoms with Crippen molar-refractivity contribution in [2.75, 3.05) is 24.2 Å². The van der Waals surface area contributed by atoms with Crippen LogP contribution in [0.3, 0.4) is 0 Å². The molecule has 0 aromatic heterocycles. The van der Waals surface area contributed by atoms with Gasteiger partial charge >= 0.3 is 0 Å². The van der Waals surface area contributed by atoms with Crippen molar-refractivity contribution >= 4 is 27.5 Å². The molecule has 2 amide bonds. The van der Waals surface area contributed by atoms with Crippen molar-refractivity contribution in [3.8, 4) is 5.75 Å². The molecule has 2 rings (SSSR count). The minimum absolute atomic E-state index is 0.0961. The molecule has 186 valence electrons. The molecule has 34 heavy (non-hydrogen) atoms. The van der Waals surface area contributed by atoms with Crippen molar-refractivity contribution in [1.29, 1.82) is 0 Å². The lowest BCUT2D eigenvalue weighted by molar-refractivity contribution is -0.140. The minimum Gasteiger partial charge on any atom is -0.497 e. The molecule has 0 radical (unpaired) electrons. The second-order valence-corrected chi connectivity index (χ2v) is 10.4. The van der Waals surface area contributed by atoms with Crippen LogP contribution in [-0.2, 0) is 26.2 Å². The van der Waals surface area contributed by atoms with E-state index in [9.17, 15) is 18.0 Å². The summed E-state index contributed by atoms with van der Waals surface area (Å²) in [5, 5.41) is 2.88. The fourth-order valence-electron chi connectivity index (χ4n) is 3.65. The summed E-state index contributed by atoms with van der Waals surface area (Å²) in [5.41, 5.74) is 2.18. The second-order valence-electron chi connectivity index (χ2n) is 8.51. The van der Waals surface area contributed by atoms with E-state index in [0.717, 1.165) is 21.7 Å². The molecule has 0 aliphatic carbocycles. The first-order valence-electron chi connectivity index (χ1n) is 11.2. The minimum atomic E-state index is -3.79. The molecule has 0 aliphatic heterocycles. The normalized spacial score (nSPS) is 12.2. The van der Waals surface area contributed by atoms with E-state index >= 15 is 0 Å². The van der Waals surface area contributed by atoms with E-state index in [1.54, 1.807) is 24.3 Å². The van der Waals surface area contributed by atoms with Crippen LogP contribution in [0.5, 0.6) is 5.75 Å². The van der Waals surface area contributed by atoms with Gasteiger partial charge in [-0.2, -0.15) is 0 Å². The Morgan fingerprint density at radius 2 is 1.76 bits per heavy atom. The van der Waals surface area contributed by atoms with E-state index in [-0.39, 0.29) is 18.5 Å². The highest BCUT2D eigenvalue weighted by Crippen LogP contribution is 2.24. The Morgan fingerprint density at radius 1 is 1.09 bits per heavy atom. The van der Waals surface area contributed by atoms with Gasteiger partial charge < -0.3 is 15.0 Å². The van der Waals surface area contributed by atoms with Crippen molar-refractivity contribution in [1.82, 2.24) is 10.2 Å². The van der Waals surface area contributed by atoms with Crippen LogP contribution in [0.1, 0.15) is 38.3 Å². The highest BCUT2D eigenvalue weighted by Gasteiger charge is 2.32. The lowest BCUT2D eigenvalue weighted by Crippen LogP contribution is -2.53. The number of aryl methyl sites for hydroxylation is 1. The molecular formula is C25H35N3O5S. The number of hydrogen-bond donors (Lipinski definition) is 1. The summed E-state index contributed by atoms with van der Waals surface area (Å²) in [6, 6.07) is 13.3. The van der Waals surface area contributed by atoms with E-state index in [0.29, 0.717) is 17.9 Å². The van der Waals surface area contributed by atoms with Crippen LogP contribution in [0, 0.1) is 6.92 Å². The van der Waals surface area contributed by atoms with Gasteiger partial charge in [0.05, 0.1) is 19.1 Å². The number of nitrogens with one attached hydrogen (secondary N) is 1. The first-order chi connectivity index (χ1) is 16.0. The van der Waals surface area contributed by atoms with Gasteiger partial charge in [0.1, 0.15) is 18.3 Å². The predicted molar refractivity (Wildman–Crippen MR) is 134 cm³/mol. The van der Waals surface area contributed by atoms with Crippen molar-refractivity contribution in [3.63, 3.8) is 0 Å². The van der Waals surface area contributed by atoms with Gasteiger partial charge in [0.2, 0.25) is 21.8 Å². The number of hydrogen-bond acceptors (Lipinski definition) is 5. The van der Waals surface area contributed by atoms with Crippen LogP contribution < -0.4 is 14.4 Å². The molecule has 1 N–H and O–H groups in total. The van der Waals surface area contributed by atoms with Crippen LogP contribution in [0.25, 0.3) is 0 Å². The average Bonchev–Trinajstić information content (AvgIpc) is 2.77. The highest BCUT2D eigenvalue weighted by atomic mass is 32.2. The lowest BCUT2D eigenvalue weighted by atomic mass is 10.1. The zero-order valence-corrected chi connectivity index (χ0v) is 21.6. The number of benzene rings is 2. The Kier molecular flexibility index (Phi) is 9.49. The van der Waals surface area contributed by atoms with Gasteiger partial charge in [0.15, 0.2) is 0 Å². The molecule has 1 atom stereocenters. The van der Waals surface area contributed by atoms with Crippen LogP contribution in [0.4, 0.5) is 5.69 Å². The molecule has 0 aliphatic rings. The van der Waals surface area contributed by atoms with Gasteiger partial charge in [-0.05, 0) is 50.5 Å². The van der Waals surface area contributed by atoms with Gasteiger partial charge in [-0.3, -0.25) is 13.9 Å². The summed E-state index contributed by atoms with van der Waals surface area (Å²) in [6.45, 7) is 7.22. The molecule has 0 fully saturated rings. The van der Waals surface area contributed by atoms with E-state index in [1.165, 1.54) is 12.0 Å². The summed E-state index contributed by atoms with van der Waals surface area (Å²) in [5.74, 6) is -0.271.